The molecule has 0 bridgehead atoms. The maximum atomic E-state index is 12.2. The second-order valence-corrected chi connectivity index (χ2v) is 13.0. The normalized spacial score (nSPS) is 26.2. The molecule has 9 N–H and O–H groups in total. The van der Waals surface area contributed by atoms with Crippen LogP contribution in [0.2, 0.25) is 0 Å². The van der Waals surface area contributed by atoms with E-state index in [0.717, 1.165) is 10.9 Å². The first kappa shape index (κ1) is 30.9. The van der Waals surface area contributed by atoms with Crippen LogP contribution in [0.1, 0.15) is 6.23 Å². The van der Waals surface area contributed by atoms with Gasteiger partial charge in [-0.3, -0.25) is 26.9 Å². The summed E-state index contributed by atoms with van der Waals surface area (Å²) in [5.41, 5.74) is -1.17. The van der Waals surface area contributed by atoms with E-state index in [1.807, 2.05) is 0 Å². The van der Waals surface area contributed by atoms with Crippen molar-refractivity contribution in [3.05, 3.63) is 16.7 Å². The second-order valence-electron chi connectivity index (χ2n) is 6.84. The van der Waals surface area contributed by atoms with Crippen LogP contribution in [0.4, 0.5) is 5.95 Å². The number of anilines is 1. The summed E-state index contributed by atoms with van der Waals surface area (Å²) in [5, 5.41) is 10.5. The standard InChI is InChI=1S/C10H16IN5O17P4/c11-15-10-13-7-4(8(18)14-10)12-2-16(7)9-6(31-34(19,20)21)5(17)3(30-9)1-29-36(25,26)33-37(27,28)32-35(22,23)24/h2-3,5-6,9,17H,1H2,(H,25,26)(H,27,28)(H2,19,20,21)(H2,22,23,24)(H2,13,14,15,18)/t3-,5+,6?,9-/m1/s1. The van der Waals surface area contributed by atoms with Gasteiger partial charge in [-0.15, -0.1) is 0 Å². The smallest absolute Gasteiger partial charge is 0.387 e. The van der Waals surface area contributed by atoms with Gasteiger partial charge in [0.2, 0.25) is 5.95 Å². The van der Waals surface area contributed by atoms with Crippen LogP contribution in [0, 0.1) is 0 Å². The maximum absolute atomic E-state index is 12.2. The summed E-state index contributed by atoms with van der Waals surface area (Å²) in [4.78, 5) is 76.8. The van der Waals surface area contributed by atoms with Gasteiger partial charge < -0.3 is 39.2 Å². The van der Waals surface area contributed by atoms with Gasteiger partial charge in [0.1, 0.15) is 18.3 Å². The molecule has 1 fully saturated rings. The van der Waals surface area contributed by atoms with E-state index in [1.165, 1.54) is 0 Å². The fourth-order valence-electron chi connectivity index (χ4n) is 2.98. The zero-order valence-corrected chi connectivity index (χ0v) is 23.1. The summed E-state index contributed by atoms with van der Waals surface area (Å²) in [6.45, 7) is -1.18. The lowest BCUT2D eigenvalue weighted by atomic mass is 10.1. The molecule has 0 saturated carbocycles. The molecule has 0 aromatic carbocycles. The SMILES string of the molecule is O=c1[nH]c(NI)nc2c1ncn2[C@@H]1O[C@H](COP(=O)(O)OP(=O)(O)OP(=O)(O)O)[C@H](O)C1OP(=O)(O)O. The number of aliphatic hydroxyl groups is 1. The van der Waals surface area contributed by atoms with Gasteiger partial charge in [0.15, 0.2) is 17.4 Å². The molecule has 2 aromatic heterocycles. The zero-order chi connectivity index (χ0) is 28.0. The summed E-state index contributed by atoms with van der Waals surface area (Å²) in [5.74, 6) is -0.0601. The quantitative estimate of drug-likeness (QED) is 0.0757. The number of phosphoric ester groups is 2. The second kappa shape index (κ2) is 11.1. The number of nitrogens with one attached hydrogen (secondary N) is 2. The van der Waals surface area contributed by atoms with Crippen molar-refractivity contribution in [2.45, 2.75) is 24.5 Å². The van der Waals surface area contributed by atoms with Gasteiger partial charge in [-0.1, -0.05) is 0 Å². The lowest BCUT2D eigenvalue weighted by molar-refractivity contribution is -0.0497. The molecule has 1 aliphatic rings. The lowest BCUT2D eigenvalue weighted by Gasteiger charge is -2.22. The summed E-state index contributed by atoms with van der Waals surface area (Å²) in [6, 6.07) is 0. The summed E-state index contributed by atoms with van der Waals surface area (Å²) in [6.07, 6.45) is -6.43. The fourth-order valence-corrected chi connectivity index (χ4v) is 6.81. The van der Waals surface area contributed by atoms with Gasteiger partial charge >= 0.3 is 31.3 Å². The Kier molecular flexibility index (Phi) is 9.23. The van der Waals surface area contributed by atoms with E-state index in [9.17, 15) is 47.7 Å². The number of imidazole rings is 1. The molecule has 210 valence electrons. The number of aliphatic hydroxyl groups excluding tert-OH is 1. The summed E-state index contributed by atoms with van der Waals surface area (Å²) >= 11 is 1.64. The minimum absolute atomic E-state index is 0.0601. The van der Waals surface area contributed by atoms with E-state index >= 15 is 0 Å². The lowest BCUT2D eigenvalue weighted by Crippen LogP contribution is -2.35. The number of fused-ring (bicyclic) bond motifs is 1. The first-order valence-electron chi connectivity index (χ1n) is 9.00. The van der Waals surface area contributed by atoms with E-state index in [-0.39, 0.29) is 17.1 Å². The number of hydrogen-bond donors (Lipinski definition) is 9. The third-order valence-corrected chi connectivity index (χ3v) is 9.02. The van der Waals surface area contributed by atoms with Crippen molar-refractivity contribution in [2.24, 2.45) is 0 Å². The van der Waals surface area contributed by atoms with Crippen molar-refractivity contribution >= 4 is 71.3 Å². The van der Waals surface area contributed by atoms with Gasteiger partial charge in [0.05, 0.1) is 35.8 Å². The average Bonchev–Trinajstić information content (AvgIpc) is 3.24. The molecule has 0 radical (unpaired) electrons. The van der Waals surface area contributed by atoms with Gasteiger partial charge in [-0.05, 0) is 0 Å². The molecule has 2 aromatic rings. The van der Waals surface area contributed by atoms with E-state index in [0.29, 0.717) is 0 Å². The molecular weight excluding hydrogens is 713 g/mol. The van der Waals surface area contributed by atoms with Crippen LogP contribution < -0.4 is 9.09 Å². The van der Waals surface area contributed by atoms with Crippen LogP contribution in [0.5, 0.6) is 0 Å². The summed E-state index contributed by atoms with van der Waals surface area (Å²) in [7, 11) is -22.4. The maximum Gasteiger partial charge on any atom is 0.490 e. The molecule has 0 amide bonds. The first-order chi connectivity index (χ1) is 16.8. The van der Waals surface area contributed by atoms with Crippen molar-refractivity contribution in [3.63, 3.8) is 0 Å². The van der Waals surface area contributed by atoms with Crippen LogP contribution in [0.15, 0.2) is 11.1 Å². The molecule has 0 spiro atoms. The van der Waals surface area contributed by atoms with E-state index in [4.69, 9.17) is 14.5 Å². The molecule has 3 unspecified atom stereocenters. The van der Waals surface area contributed by atoms with Crippen LogP contribution in [-0.4, -0.2) is 78.9 Å². The van der Waals surface area contributed by atoms with Crippen molar-refractivity contribution in [3.8, 4) is 0 Å². The predicted molar refractivity (Wildman–Crippen MR) is 122 cm³/mol. The molecule has 3 heterocycles. The van der Waals surface area contributed by atoms with Crippen molar-refractivity contribution in [1.29, 1.82) is 0 Å². The Labute approximate surface area is 217 Å². The number of aromatic nitrogens is 4. The number of H-pyrrole nitrogens is 1. The minimum Gasteiger partial charge on any atom is -0.387 e. The Hall–Kier alpha value is -0.680. The monoisotopic (exact) mass is 729 g/mol. The zero-order valence-electron chi connectivity index (χ0n) is 17.3. The fraction of sp³-hybridized carbons (Fsp3) is 0.500. The van der Waals surface area contributed by atoms with E-state index < -0.39 is 68.0 Å². The highest BCUT2D eigenvalue weighted by molar-refractivity contribution is 14.1. The van der Waals surface area contributed by atoms with Crippen molar-refractivity contribution < 1.29 is 75.1 Å². The Bertz CT molecular complexity index is 1400. The molecule has 1 saturated heterocycles. The Balaban J connectivity index is 1.87. The molecule has 1 aliphatic heterocycles. The Morgan fingerprint density at radius 3 is 2.30 bits per heavy atom. The van der Waals surface area contributed by atoms with Crippen molar-refractivity contribution in [2.75, 3.05) is 10.1 Å². The number of phosphoric acid groups is 4. The molecule has 37 heavy (non-hydrogen) atoms. The van der Waals surface area contributed by atoms with Crippen LogP contribution in [-0.2, 0) is 40.7 Å². The average molecular weight is 729 g/mol. The van der Waals surface area contributed by atoms with Gasteiger partial charge in [0.25, 0.3) is 5.56 Å². The van der Waals surface area contributed by atoms with Gasteiger partial charge in [-0.2, -0.15) is 13.6 Å². The molecule has 0 aliphatic carbocycles. The molecular formula is C10H16IN5O17P4. The van der Waals surface area contributed by atoms with Crippen LogP contribution >= 0.6 is 54.2 Å². The summed E-state index contributed by atoms with van der Waals surface area (Å²) < 4.78 is 70.6. The number of aromatic amines is 1. The molecule has 6 atom stereocenters. The largest absolute Gasteiger partial charge is 0.490 e. The topological polar surface area (TPSA) is 332 Å². The van der Waals surface area contributed by atoms with E-state index in [2.05, 4.69) is 36.2 Å². The van der Waals surface area contributed by atoms with Crippen molar-refractivity contribution in [1.82, 2.24) is 19.5 Å². The van der Waals surface area contributed by atoms with Gasteiger partial charge in [0, 0.05) is 0 Å². The minimum atomic E-state index is -5.84. The number of rotatable bonds is 11. The molecule has 3 rings (SSSR count). The molecule has 27 heteroatoms. The first-order valence-corrected chi connectivity index (χ1v) is 16.1. The number of halogens is 1. The highest BCUT2D eigenvalue weighted by Gasteiger charge is 2.50. The number of hydrogen-bond acceptors (Lipinski definition) is 14. The van der Waals surface area contributed by atoms with Gasteiger partial charge in [-0.25, -0.2) is 23.2 Å². The molecule has 22 nitrogen and oxygen atoms in total. The Morgan fingerprint density at radius 2 is 1.73 bits per heavy atom. The predicted octanol–water partition coefficient (Wildman–Crippen LogP) is -1.04. The van der Waals surface area contributed by atoms with E-state index in [1.54, 1.807) is 22.9 Å². The third-order valence-electron chi connectivity index (χ3n) is 4.19. The highest BCUT2D eigenvalue weighted by Crippen LogP contribution is 2.66. The highest BCUT2D eigenvalue weighted by atomic mass is 127. The van der Waals surface area contributed by atoms with Crippen LogP contribution in [0.3, 0.4) is 0 Å². The number of nitrogens with zero attached hydrogens (tertiary/aromatic N) is 3. The Morgan fingerprint density at radius 1 is 1.08 bits per heavy atom. The van der Waals surface area contributed by atoms with Crippen LogP contribution in [0.25, 0.3) is 11.2 Å². The third kappa shape index (κ3) is 8.16. The number of ether oxygens (including phenoxy) is 1.